The van der Waals surface area contributed by atoms with Crippen molar-refractivity contribution in [3.63, 3.8) is 0 Å². The monoisotopic (exact) mass is 323 g/mol. The van der Waals surface area contributed by atoms with Crippen molar-refractivity contribution in [2.75, 3.05) is 0 Å². The van der Waals surface area contributed by atoms with Crippen LogP contribution in [-0.4, -0.2) is 29.6 Å². The zero-order valence-electron chi connectivity index (χ0n) is 13.8. The second-order valence-electron chi connectivity index (χ2n) is 6.75. The van der Waals surface area contributed by atoms with E-state index >= 15 is 0 Å². The minimum atomic E-state index is -0.533. The fourth-order valence-corrected chi connectivity index (χ4v) is 2.31. The molecule has 1 fully saturated rings. The normalized spacial score (nSPS) is 20.4. The summed E-state index contributed by atoms with van der Waals surface area (Å²) in [5.41, 5.74) is -0.303. The number of carbonyl (C=O) groups excluding carboxylic acids is 2. The van der Waals surface area contributed by atoms with Gasteiger partial charge < -0.3 is 14.8 Å². The van der Waals surface area contributed by atoms with E-state index in [0.29, 0.717) is 18.6 Å². The van der Waals surface area contributed by atoms with Crippen molar-refractivity contribution in [2.24, 2.45) is 0 Å². The maximum Gasteiger partial charge on any atom is 0.407 e. The Morgan fingerprint density at radius 3 is 2.48 bits per heavy atom. The van der Waals surface area contributed by atoms with Gasteiger partial charge in [-0.1, -0.05) is 0 Å². The molecule has 5 nitrogen and oxygen atoms in total. The predicted octanol–water partition coefficient (Wildman–Crippen LogP) is 3.46. The first kappa shape index (κ1) is 17.2. The standard InChI is InChI=1S/C17H22FNO4/c1-10(20)14-7-11(18)5-6-15(14)22-13-8-12(9-13)19-16(21)23-17(2,3)4/h5-7,12-13H,8-9H2,1-4H3,(H,19,21). The van der Waals surface area contributed by atoms with E-state index in [-0.39, 0.29) is 23.5 Å². The number of amides is 1. The van der Waals surface area contributed by atoms with Crippen LogP contribution in [0.5, 0.6) is 5.75 Å². The van der Waals surface area contributed by atoms with Crippen molar-refractivity contribution in [3.05, 3.63) is 29.6 Å². The van der Waals surface area contributed by atoms with Crippen LogP contribution in [0.15, 0.2) is 18.2 Å². The minimum Gasteiger partial charge on any atom is -0.490 e. The molecule has 2 rings (SSSR count). The maximum absolute atomic E-state index is 13.2. The Kier molecular flexibility index (Phi) is 4.92. The van der Waals surface area contributed by atoms with Crippen molar-refractivity contribution >= 4 is 11.9 Å². The highest BCUT2D eigenvalue weighted by molar-refractivity contribution is 5.96. The number of halogens is 1. The Hall–Kier alpha value is -2.11. The van der Waals surface area contributed by atoms with Gasteiger partial charge >= 0.3 is 6.09 Å². The van der Waals surface area contributed by atoms with E-state index in [1.54, 1.807) is 20.8 Å². The SMILES string of the molecule is CC(=O)c1cc(F)ccc1OC1CC(NC(=O)OC(C)(C)C)C1. The van der Waals surface area contributed by atoms with E-state index in [1.807, 2.05) is 0 Å². The van der Waals surface area contributed by atoms with E-state index in [4.69, 9.17) is 9.47 Å². The number of carbonyl (C=O) groups is 2. The Labute approximate surface area is 135 Å². The Morgan fingerprint density at radius 2 is 1.91 bits per heavy atom. The van der Waals surface area contributed by atoms with Crippen LogP contribution in [-0.2, 0) is 4.74 Å². The van der Waals surface area contributed by atoms with Crippen LogP contribution < -0.4 is 10.1 Å². The van der Waals surface area contributed by atoms with Gasteiger partial charge in [0.25, 0.3) is 0 Å². The molecule has 126 valence electrons. The molecule has 0 aromatic heterocycles. The van der Waals surface area contributed by atoms with Crippen molar-refractivity contribution < 1.29 is 23.5 Å². The molecule has 0 bridgehead atoms. The van der Waals surface area contributed by atoms with Crippen LogP contribution in [0.1, 0.15) is 50.9 Å². The maximum atomic E-state index is 13.2. The fourth-order valence-electron chi connectivity index (χ4n) is 2.31. The fraction of sp³-hybridized carbons (Fsp3) is 0.529. The van der Waals surface area contributed by atoms with Gasteiger partial charge in [0, 0.05) is 18.9 Å². The van der Waals surface area contributed by atoms with Crippen LogP contribution in [0.4, 0.5) is 9.18 Å². The molecule has 0 spiro atoms. The highest BCUT2D eigenvalue weighted by Crippen LogP contribution is 2.29. The third-order valence-electron chi connectivity index (χ3n) is 3.43. The molecule has 0 atom stereocenters. The van der Waals surface area contributed by atoms with Crippen molar-refractivity contribution in [3.8, 4) is 5.75 Å². The number of alkyl carbamates (subject to hydrolysis) is 1. The van der Waals surface area contributed by atoms with Gasteiger partial charge in [-0.15, -0.1) is 0 Å². The molecule has 23 heavy (non-hydrogen) atoms. The molecule has 0 aliphatic heterocycles. The highest BCUT2D eigenvalue weighted by Gasteiger charge is 2.33. The molecule has 1 amide bonds. The zero-order valence-corrected chi connectivity index (χ0v) is 13.8. The van der Waals surface area contributed by atoms with Crippen LogP contribution in [0, 0.1) is 5.82 Å². The molecule has 6 heteroatoms. The van der Waals surface area contributed by atoms with Gasteiger partial charge in [0.05, 0.1) is 5.56 Å². The second kappa shape index (κ2) is 6.56. The minimum absolute atomic E-state index is 0.0175. The lowest BCUT2D eigenvalue weighted by Gasteiger charge is -2.36. The molecule has 0 saturated heterocycles. The summed E-state index contributed by atoms with van der Waals surface area (Å²) in [5.74, 6) is -0.345. The van der Waals surface area contributed by atoms with E-state index in [0.717, 1.165) is 0 Å². The Bertz CT molecular complexity index is 603. The first-order valence-electron chi connectivity index (χ1n) is 7.61. The lowest BCUT2D eigenvalue weighted by Crippen LogP contribution is -2.50. The molecule has 1 aliphatic rings. The van der Waals surface area contributed by atoms with Gasteiger partial charge in [0.2, 0.25) is 0 Å². The van der Waals surface area contributed by atoms with Crippen LogP contribution in [0.2, 0.25) is 0 Å². The summed E-state index contributed by atoms with van der Waals surface area (Å²) in [6.45, 7) is 6.78. The third-order valence-corrected chi connectivity index (χ3v) is 3.43. The molecule has 0 radical (unpaired) electrons. The number of hydrogen-bond donors (Lipinski definition) is 1. The van der Waals surface area contributed by atoms with Gasteiger partial charge in [-0.2, -0.15) is 0 Å². The average Bonchev–Trinajstić information content (AvgIpc) is 2.35. The summed E-state index contributed by atoms with van der Waals surface area (Å²) in [7, 11) is 0. The molecule has 1 aromatic rings. The molecule has 1 saturated carbocycles. The molecular formula is C17H22FNO4. The summed E-state index contributed by atoms with van der Waals surface area (Å²) in [4.78, 5) is 23.2. The number of ketones is 1. The summed E-state index contributed by atoms with van der Waals surface area (Å²) in [5, 5.41) is 2.77. The van der Waals surface area contributed by atoms with Crippen molar-refractivity contribution in [2.45, 2.75) is 58.3 Å². The summed E-state index contributed by atoms with van der Waals surface area (Å²) < 4.78 is 24.1. The number of Topliss-reactive ketones (excluding diaryl/α,β-unsaturated/α-hetero) is 1. The second-order valence-corrected chi connectivity index (χ2v) is 6.75. The lowest BCUT2D eigenvalue weighted by molar-refractivity contribution is 0.0361. The van der Waals surface area contributed by atoms with Gasteiger partial charge in [-0.05, 0) is 45.9 Å². The zero-order chi connectivity index (χ0) is 17.2. The molecule has 0 unspecified atom stereocenters. The molecule has 1 aliphatic carbocycles. The smallest absolute Gasteiger partial charge is 0.407 e. The van der Waals surface area contributed by atoms with Crippen LogP contribution in [0.3, 0.4) is 0 Å². The molecular weight excluding hydrogens is 301 g/mol. The van der Waals surface area contributed by atoms with Gasteiger partial charge in [-0.3, -0.25) is 4.79 Å². The number of hydrogen-bond acceptors (Lipinski definition) is 4. The van der Waals surface area contributed by atoms with Crippen LogP contribution in [0.25, 0.3) is 0 Å². The van der Waals surface area contributed by atoms with Crippen LogP contribution >= 0.6 is 0 Å². The van der Waals surface area contributed by atoms with Gasteiger partial charge in [0.15, 0.2) is 5.78 Å². The number of rotatable bonds is 4. The predicted molar refractivity (Wildman–Crippen MR) is 83.2 cm³/mol. The lowest BCUT2D eigenvalue weighted by atomic mass is 9.89. The largest absolute Gasteiger partial charge is 0.490 e. The van der Waals surface area contributed by atoms with Crippen molar-refractivity contribution in [1.82, 2.24) is 5.32 Å². The average molecular weight is 323 g/mol. The number of benzene rings is 1. The van der Waals surface area contributed by atoms with Crippen molar-refractivity contribution in [1.29, 1.82) is 0 Å². The topological polar surface area (TPSA) is 64.6 Å². The molecule has 1 N–H and O–H groups in total. The first-order valence-corrected chi connectivity index (χ1v) is 7.61. The van der Waals surface area contributed by atoms with Gasteiger partial charge in [-0.25, -0.2) is 9.18 Å². The third kappa shape index (κ3) is 4.94. The van der Waals surface area contributed by atoms with E-state index in [2.05, 4.69) is 5.32 Å². The van der Waals surface area contributed by atoms with Gasteiger partial charge in [0.1, 0.15) is 23.3 Å². The van der Waals surface area contributed by atoms with E-state index in [9.17, 15) is 14.0 Å². The number of ether oxygens (including phenoxy) is 2. The first-order chi connectivity index (χ1) is 10.6. The van der Waals surface area contributed by atoms with E-state index < -0.39 is 17.5 Å². The number of nitrogens with one attached hydrogen (secondary N) is 1. The molecule has 0 heterocycles. The summed E-state index contributed by atoms with van der Waals surface area (Å²) in [6, 6.07) is 3.88. The Balaban J connectivity index is 1.85. The molecule has 1 aromatic carbocycles. The summed E-state index contributed by atoms with van der Waals surface area (Å²) in [6.07, 6.45) is 0.674. The van der Waals surface area contributed by atoms with E-state index in [1.165, 1.54) is 25.1 Å². The quantitative estimate of drug-likeness (QED) is 0.862. The Morgan fingerprint density at radius 1 is 1.26 bits per heavy atom. The highest BCUT2D eigenvalue weighted by atomic mass is 19.1. The summed E-state index contributed by atoms with van der Waals surface area (Å²) >= 11 is 0.